The predicted molar refractivity (Wildman–Crippen MR) is 92.4 cm³/mol. The van der Waals surface area contributed by atoms with Gasteiger partial charge in [0, 0.05) is 0 Å². The maximum Gasteiger partial charge on any atom is 0.288 e. The Bertz CT molecular complexity index is 1020. The summed E-state index contributed by atoms with van der Waals surface area (Å²) in [7, 11) is 0. The first-order valence-corrected chi connectivity index (χ1v) is 8.05. The summed E-state index contributed by atoms with van der Waals surface area (Å²) in [5.74, 6) is -0.213. The first-order chi connectivity index (χ1) is 11.6. The van der Waals surface area contributed by atoms with E-state index in [1.807, 2.05) is 43.3 Å². The minimum Gasteiger partial charge on any atom is -0.450 e. The van der Waals surface area contributed by atoms with Gasteiger partial charge in [-0.15, -0.1) is 0 Å². The maximum atomic E-state index is 13.0. The van der Waals surface area contributed by atoms with Gasteiger partial charge in [0.15, 0.2) is 5.43 Å². The Labute approximate surface area is 139 Å². The number of aryl methyl sites for hydroxylation is 2. The second kappa shape index (κ2) is 5.34. The first-order valence-electron chi connectivity index (χ1n) is 8.05. The van der Waals surface area contributed by atoms with Crippen molar-refractivity contribution in [2.75, 3.05) is 0 Å². The van der Waals surface area contributed by atoms with Gasteiger partial charge in [-0.2, -0.15) is 0 Å². The third-order valence-corrected chi connectivity index (χ3v) is 4.57. The van der Waals surface area contributed by atoms with Gasteiger partial charge in [-0.25, -0.2) is 0 Å². The molecule has 1 N–H and O–H groups in total. The molecule has 1 aliphatic rings. The molecule has 0 saturated heterocycles. The zero-order valence-electron chi connectivity index (χ0n) is 13.6. The standard InChI is InChI=1S/C20H17NO3/c1-3-12-5-7-13(8-6-12)17-16-18(22)14-10-11(2)4-9-15(14)24-19(16)20(23)21-17/h4-10,17H,3H2,1-2H3,(H,21,23). The second-order valence-electron chi connectivity index (χ2n) is 6.18. The summed E-state index contributed by atoms with van der Waals surface area (Å²) < 4.78 is 5.74. The summed E-state index contributed by atoms with van der Waals surface area (Å²) >= 11 is 0. The van der Waals surface area contributed by atoms with E-state index in [0.29, 0.717) is 16.5 Å². The fourth-order valence-electron chi connectivity index (χ4n) is 3.22. The molecule has 1 unspecified atom stereocenters. The average molecular weight is 319 g/mol. The molecule has 4 heteroatoms. The lowest BCUT2D eigenvalue weighted by molar-refractivity contribution is 0.0938. The number of rotatable bonds is 2. The van der Waals surface area contributed by atoms with Crippen LogP contribution in [0.4, 0.5) is 0 Å². The van der Waals surface area contributed by atoms with Crippen molar-refractivity contribution in [3.8, 4) is 0 Å². The van der Waals surface area contributed by atoms with E-state index in [1.54, 1.807) is 6.07 Å². The quantitative estimate of drug-likeness (QED) is 0.786. The van der Waals surface area contributed by atoms with Crippen molar-refractivity contribution < 1.29 is 9.21 Å². The summed E-state index contributed by atoms with van der Waals surface area (Å²) in [5.41, 5.74) is 3.79. The van der Waals surface area contributed by atoms with Gasteiger partial charge in [-0.1, -0.05) is 42.8 Å². The molecule has 24 heavy (non-hydrogen) atoms. The van der Waals surface area contributed by atoms with E-state index in [-0.39, 0.29) is 17.1 Å². The molecule has 4 nitrogen and oxygen atoms in total. The summed E-state index contributed by atoms with van der Waals surface area (Å²) in [6, 6.07) is 12.9. The van der Waals surface area contributed by atoms with Crippen LogP contribution in [0.1, 0.15) is 45.8 Å². The van der Waals surface area contributed by atoms with Crippen LogP contribution in [0.15, 0.2) is 51.7 Å². The van der Waals surface area contributed by atoms with E-state index in [9.17, 15) is 9.59 Å². The highest BCUT2D eigenvalue weighted by Crippen LogP contribution is 2.31. The van der Waals surface area contributed by atoms with Crippen LogP contribution in [0.3, 0.4) is 0 Å². The van der Waals surface area contributed by atoms with Crippen LogP contribution in [0.5, 0.6) is 0 Å². The Morgan fingerprint density at radius 1 is 1.08 bits per heavy atom. The predicted octanol–water partition coefficient (Wildman–Crippen LogP) is 3.50. The van der Waals surface area contributed by atoms with Crippen molar-refractivity contribution in [2.45, 2.75) is 26.3 Å². The molecule has 0 aliphatic carbocycles. The Kier molecular flexibility index (Phi) is 3.27. The largest absolute Gasteiger partial charge is 0.450 e. The van der Waals surface area contributed by atoms with Gasteiger partial charge < -0.3 is 9.73 Å². The van der Waals surface area contributed by atoms with Crippen molar-refractivity contribution in [1.29, 1.82) is 0 Å². The van der Waals surface area contributed by atoms with Crippen molar-refractivity contribution in [3.63, 3.8) is 0 Å². The molecule has 1 atom stereocenters. The highest BCUT2D eigenvalue weighted by atomic mass is 16.3. The van der Waals surface area contributed by atoms with Gasteiger partial charge in [-0.05, 0) is 36.6 Å². The molecule has 2 aromatic carbocycles. The molecule has 2 heterocycles. The van der Waals surface area contributed by atoms with Crippen LogP contribution in [0.2, 0.25) is 0 Å². The number of hydrogen-bond donors (Lipinski definition) is 1. The van der Waals surface area contributed by atoms with Gasteiger partial charge in [0.05, 0.1) is 17.0 Å². The first kappa shape index (κ1) is 14.7. The van der Waals surface area contributed by atoms with Gasteiger partial charge in [0.25, 0.3) is 5.91 Å². The van der Waals surface area contributed by atoms with Crippen LogP contribution in [-0.4, -0.2) is 5.91 Å². The number of fused-ring (bicyclic) bond motifs is 2. The Morgan fingerprint density at radius 2 is 1.83 bits per heavy atom. The van der Waals surface area contributed by atoms with E-state index in [4.69, 9.17) is 4.42 Å². The highest BCUT2D eigenvalue weighted by Gasteiger charge is 2.35. The molecule has 4 rings (SSSR count). The fourth-order valence-corrected chi connectivity index (χ4v) is 3.22. The van der Waals surface area contributed by atoms with E-state index in [0.717, 1.165) is 17.5 Å². The average Bonchev–Trinajstić information content (AvgIpc) is 2.93. The molecule has 1 aromatic heterocycles. The zero-order chi connectivity index (χ0) is 16.8. The lowest BCUT2D eigenvalue weighted by Gasteiger charge is -2.12. The smallest absolute Gasteiger partial charge is 0.288 e. The molecule has 0 saturated carbocycles. The number of carbonyl (C=O) groups is 1. The molecular formula is C20H17NO3. The summed E-state index contributed by atoms with van der Waals surface area (Å²) in [6.45, 7) is 4.02. The molecule has 1 aliphatic heterocycles. The number of amides is 1. The molecule has 0 spiro atoms. The van der Waals surface area contributed by atoms with Crippen molar-refractivity contribution >= 4 is 16.9 Å². The molecular weight excluding hydrogens is 302 g/mol. The van der Waals surface area contributed by atoms with Gasteiger partial charge in [0.1, 0.15) is 5.58 Å². The Balaban J connectivity index is 1.93. The monoisotopic (exact) mass is 319 g/mol. The third-order valence-electron chi connectivity index (χ3n) is 4.57. The molecule has 120 valence electrons. The van der Waals surface area contributed by atoms with Gasteiger partial charge in [0.2, 0.25) is 5.76 Å². The van der Waals surface area contributed by atoms with E-state index in [2.05, 4.69) is 12.2 Å². The highest BCUT2D eigenvalue weighted by molar-refractivity contribution is 5.99. The minimum absolute atomic E-state index is 0.126. The lowest BCUT2D eigenvalue weighted by Crippen LogP contribution is -2.21. The van der Waals surface area contributed by atoms with Gasteiger partial charge >= 0.3 is 0 Å². The summed E-state index contributed by atoms with van der Waals surface area (Å²) in [5, 5.41) is 3.38. The number of hydrogen-bond acceptors (Lipinski definition) is 3. The topological polar surface area (TPSA) is 59.3 Å². The van der Waals surface area contributed by atoms with Crippen LogP contribution in [0.25, 0.3) is 11.0 Å². The summed E-state index contributed by atoms with van der Waals surface area (Å²) in [4.78, 5) is 25.3. The van der Waals surface area contributed by atoms with Crippen molar-refractivity contribution in [3.05, 3.63) is 80.7 Å². The Morgan fingerprint density at radius 3 is 2.54 bits per heavy atom. The fraction of sp³-hybridized carbons (Fsp3) is 0.200. The maximum absolute atomic E-state index is 13.0. The molecule has 0 radical (unpaired) electrons. The van der Waals surface area contributed by atoms with Crippen LogP contribution in [-0.2, 0) is 6.42 Å². The molecule has 0 bridgehead atoms. The lowest BCUT2D eigenvalue weighted by atomic mass is 9.98. The third kappa shape index (κ3) is 2.14. The van der Waals surface area contributed by atoms with Gasteiger partial charge in [-0.3, -0.25) is 9.59 Å². The second-order valence-corrected chi connectivity index (χ2v) is 6.18. The van der Waals surface area contributed by atoms with Crippen molar-refractivity contribution in [2.24, 2.45) is 0 Å². The zero-order valence-corrected chi connectivity index (χ0v) is 13.6. The minimum atomic E-state index is -0.459. The molecule has 0 fully saturated rings. The van der Waals surface area contributed by atoms with Crippen molar-refractivity contribution in [1.82, 2.24) is 5.32 Å². The normalized spacial score (nSPS) is 16.2. The number of carbonyl (C=O) groups excluding carboxylic acids is 1. The molecule has 1 amide bonds. The summed E-state index contributed by atoms with van der Waals surface area (Å²) in [6.07, 6.45) is 0.944. The SMILES string of the molecule is CCc1ccc(C2NC(=O)c3oc4ccc(C)cc4c(=O)c32)cc1. The van der Waals surface area contributed by atoms with E-state index >= 15 is 0 Å². The number of benzene rings is 2. The van der Waals surface area contributed by atoms with Crippen LogP contribution in [0, 0.1) is 6.92 Å². The van der Waals surface area contributed by atoms with Crippen LogP contribution >= 0.6 is 0 Å². The number of nitrogens with one attached hydrogen (secondary N) is 1. The van der Waals surface area contributed by atoms with E-state index < -0.39 is 6.04 Å². The van der Waals surface area contributed by atoms with Crippen LogP contribution < -0.4 is 10.7 Å². The molecule has 3 aromatic rings. The van der Waals surface area contributed by atoms with E-state index in [1.165, 1.54) is 5.56 Å². The Hall–Kier alpha value is -2.88.